The fourth-order valence-electron chi connectivity index (χ4n) is 3.53. The van der Waals surface area contributed by atoms with Gasteiger partial charge in [0.2, 0.25) is 0 Å². The lowest BCUT2D eigenvalue weighted by Gasteiger charge is -2.21. The highest BCUT2D eigenvalue weighted by atomic mass is 127. The third-order valence-corrected chi connectivity index (χ3v) is 4.88. The third kappa shape index (κ3) is 8.41. The normalized spacial score (nSPS) is 20.9. The maximum Gasteiger partial charge on any atom is 0.306 e. The first-order valence-corrected chi connectivity index (χ1v) is 10.0. The number of carbonyl (C=O) groups excluding carboxylic acids is 1. The maximum absolute atomic E-state index is 11.9. The van der Waals surface area contributed by atoms with Crippen molar-refractivity contribution in [1.29, 1.82) is 0 Å². The minimum absolute atomic E-state index is 0. The van der Waals surface area contributed by atoms with E-state index in [0.717, 1.165) is 64.5 Å². The predicted molar refractivity (Wildman–Crippen MR) is 115 cm³/mol. The summed E-state index contributed by atoms with van der Waals surface area (Å²) in [5.41, 5.74) is 0. The van der Waals surface area contributed by atoms with Crippen LogP contribution < -0.4 is 5.32 Å². The van der Waals surface area contributed by atoms with Crippen LogP contribution in [0.4, 0.5) is 0 Å². The van der Waals surface area contributed by atoms with Crippen LogP contribution in [0, 0.1) is 5.92 Å². The molecule has 1 aliphatic carbocycles. The summed E-state index contributed by atoms with van der Waals surface area (Å²) in [5.74, 6) is 1.49. The van der Waals surface area contributed by atoms with E-state index in [1.54, 1.807) is 0 Å². The molecule has 6 nitrogen and oxygen atoms in total. The van der Waals surface area contributed by atoms with Crippen molar-refractivity contribution in [2.24, 2.45) is 10.9 Å². The summed E-state index contributed by atoms with van der Waals surface area (Å²) in [5, 5.41) is 3.37. The number of carbonyl (C=O) groups is 1. The first kappa shape index (κ1) is 23.5. The number of hydrogen-bond donors (Lipinski definition) is 1. The lowest BCUT2D eigenvalue weighted by Crippen LogP contribution is -2.40. The second-order valence-corrected chi connectivity index (χ2v) is 7.00. The number of esters is 1. The Balaban J connectivity index is 0.00000338. The van der Waals surface area contributed by atoms with Gasteiger partial charge in [0, 0.05) is 45.1 Å². The van der Waals surface area contributed by atoms with Gasteiger partial charge >= 0.3 is 5.97 Å². The highest BCUT2D eigenvalue weighted by Gasteiger charge is 2.25. The summed E-state index contributed by atoms with van der Waals surface area (Å²) in [4.78, 5) is 18.9. The van der Waals surface area contributed by atoms with E-state index in [9.17, 15) is 4.79 Å². The molecule has 1 atom stereocenters. The Bertz CT molecular complexity index is 428. The highest BCUT2D eigenvalue weighted by Crippen LogP contribution is 2.21. The molecule has 26 heavy (non-hydrogen) atoms. The quantitative estimate of drug-likeness (QED) is 0.180. The Morgan fingerprint density at radius 2 is 2.00 bits per heavy atom. The predicted octanol–water partition coefficient (Wildman–Crippen LogP) is 3.19. The van der Waals surface area contributed by atoms with Crippen molar-refractivity contribution in [2.75, 3.05) is 39.4 Å². The number of guanidine groups is 1. The molecule has 0 spiro atoms. The van der Waals surface area contributed by atoms with Crippen LogP contribution in [0.2, 0.25) is 0 Å². The van der Waals surface area contributed by atoms with Gasteiger partial charge in [0.1, 0.15) is 6.10 Å². The molecule has 0 radical (unpaired) electrons. The van der Waals surface area contributed by atoms with Crippen molar-refractivity contribution >= 4 is 35.9 Å². The van der Waals surface area contributed by atoms with Crippen LogP contribution in [0.15, 0.2) is 4.99 Å². The van der Waals surface area contributed by atoms with Gasteiger partial charge in [0.15, 0.2) is 5.96 Å². The Morgan fingerprint density at radius 1 is 1.23 bits per heavy atom. The lowest BCUT2D eigenvalue weighted by molar-refractivity contribution is -0.148. The molecule has 1 saturated heterocycles. The van der Waals surface area contributed by atoms with Gasteiger partial charge in [-0.1, -0.05) is 0 Å². The molecule has 1 N–H and O–H groups in total. The molecule has 0 aromatic rings. The number of hydrogen-bond acceptors (Lipinski definition) is 4. The van der Waals surface area contributed by atoms with E-state index < -0.39 is 0 Å². The molecule has 2 aliphatic rings. The summed E-state index contributed by atoms with van der Waals surface area (Å²) >= 11 is 0. The molecule has 1 unspecified atom stereocenters. The van der Waals surface area contributed by atoms with E-state index in [1.807, 2.05) is 6.92 Å². The average Bonchev–Trinajstić information content (AvgIpc) is 3.27. The van der Waals surface area contributed by atoms with E-state index in [-0.39, 0.29) is 36.0 Å². The molecule has 0 bridgehead atoms. The van der Waals surface area contributed by atoms with Crippen LogP contribution in [0.5, 0.6) is 0 Å². The Labute approximate surface area is 175 Å². The summed E-state index contributed by atoms with van der Waals surface area (Å²) in [7, 11) is 0. The zero-order valence-corrected chi connectivity index (χ0v) is 18.7. The number of likely N-dealkylation sites (tertiary alicyclic amines) is 1. The van der Waals surface area contributed by atoms with Crippen LogP contribution in [-0.2, 0) is 14.3 Å². The van der Waals surface area contributed by atoms with Gasteiger partial charge < -0.3 is 19.7 Å². The number of nitrogens with one attached hydrogen (secondary N) is 1. The average molecular weight is 481 g/mol. The number of aliphatic imine (C=N–C) groups is 1. The Kier molecular flexibility index (Phi) is 12.3. The second-order valence-electron chi connectivity index (χ2n) is 7.00. The fraction of sp³-hybridized carbons (Fsp3) is 0.895. The Morgan fingerprint density at radius 3 is 2.69 bits per heavy atom. The van der Waals surface area contributed by atoms with Gasteiger partial charge in [0.05, 0.1) is 6.61 Å². The zero-order valence-electron chi connectivity index (χ0n) is 16.4. The largest absolute Gasteiger partial charge is 0.462 e. The molecule has 1 heterocycles. The van der Waals surface area contributed by atoms with E-state index in [2.05, 4.69) is 17.1 Å². The number of nitrogens with zero attached hydrogens (tertiary/aromatic N) is 2. The highest BCUT2D eigenvalue weighted by molar-refractivity contribution is 14.0. The minimum atomic E-state index is -0.0648. The van der Waals surface area contributed by atoms with Crippen molar-refractivity contribution in [2.45, 2.75) is 64.9 Å². The zero-order chi connectivity index (χ0) is 17.9. The molecule has 0 aromatic heterocycles. The van der Waals surface area contributed by atoms with E-state index in [0.29, 0.717) is 18.9 Å². The first-order valence-electron chi connectivity index (χ1n) is 10.0. The number of ether oxygens (including phenoxy) is 2. The molecular formula is C19H36IN3O3. The van der Waals surface area contributed by atoms with Crippen molar-refractivity contribution in [3.8, 4) is 0 Å². The summed E-state index contributed by atoms with van der Waals surface area (Å²) in [6.45, 7) is 9.27. The van der Waals surface area contributed by atoms with Crippen molar-refractivity contribution in [3.05, 3.63) is 0 Å². The van der Waals surface area contributed by atoms with Gasteiger partial charge in [-0.2, -0.15) is 0 Å². The maximum atomic E-state index is 11.9. The van der Waals surface area contributed by atoms with E-state index >= 15 is 0 Å². The fourth-order valence-corrected chi connectivity index (χ4v) is 3.53. The van der Waals surface area contributed by atoms with Gasteiger partial charge in [-0.05, 0) is 52.4 Å². The van der Waals surface area contributed by atoms with Gasteiger partial charge in [0.25, 0.3) is 0 Å². The molecule has 0 amide bonds. The SMILES string of the molecule is CCNC(=NCCCC(=O)OC1CCCC1)N1CCC(COCC)C1.I. The number of halogens is 1. The van der Waals surface area contributed by atoms with Crippen LogP contribution >= 0.6 is 24.0 Å². The molecule has 2 fully saturated rings. The van der Waals surface area contributed by atoms with Crippen molar-refractivity contribution < 1.29 is 14.3 Å². The van der Waals surface area contributed by atoms with Gasteiger partial charge in [-0.15, -0.1) is 24.0 Å². The van der Waals surface area contributed by atoms with Crippen LogP contribution in [0.3, 0.4) is 0 Å². The van der Waals surface area contributed by atoms with Gasteiger partial charge in [-0.3, -0.25) is 9.79 Å². The van der Waals surface area contributed by atoms with Crippen LogP contribution in [0.1, 0.15) is 58.8 Å². The molecule has 152 valence electrons. The second kappa shape index (κ2) is 13.6. The molecule has 7 heteroatoms. The third-order valence-electron chi connectivity index (χ3n) is 4.88. The van der Waals surface area contributed by atoms with Crippen LogP contribution in [-0.4, -0.2) is 62.3 Å². The van der Waals surface area contributed by atoms with E-state index in [4.69, 9.17) is 14.5 Å². The summed E-state index contributed by atoms with van der Waals surface area (Å²) < 4.78 is 11.0. The molecule has 0 aromatic carbocycles. The van der Waals surface area contributed by atoms with E-state index in [1.165, 1.54) is 12.8 Å². The molecule has 1 saturated carbocycles. The topological polar surface area (TPSA) is 63.2 Å². The first-order chi connectivity index (χ1) is 12.2. The monoisotopic (exact) mass is 481 g/mol. The molecule has 1 aliphatic heterocycles. The Hall–Kier alpha value is -0.570. The van der Waals surface area contributed by atoms with Gasteiger partial charge in [-0.25, -0.2) is 0 Å². The standard InChI is InChI=1S/C19H35N3O3.HI/c1-3-20-19(22-13-11-16(14-22)15-24-4-2)21-12-7-10-18(23)25-17-8-5-6-9-17;/h16-17H,3-15H2,1-2H3,(H,20,21);1H. The van der Waals surface area contributed by atoms with Crippen molar-refractivity contribution in [1.82, 2.24) is 10.2 Å². The minimum Gasteiger partial charge on any atom is -0.462 e. The molecular weight excluding hydrogens is 445 g/mol. The van der Waals surface area contributed by atoms with Crippen molar-refractivity contribution in [3.63, 3.8) is 0 Å². The summed E-state index contributed by atoms with van der Waals surface area (Å²) in [6, 6.07) is 0. The molecule has 2 rings (SSSR count). The number of rotatable bonds is 9. The summed E-state index contributed by atoms with van der Waals surface area (Å²) in [6.07, 6.45) is 6.98. The van der Waals surface area contributed by atoms with Crippen LogP contribution in [0.25, 0.3) is 0 Å². The lowest BCUT2D eigenvalue weighted by atomic mass is 10.1. The smallest absolute Gasteiger partial charge is 0.306 e.